The van der Waals surface area contributed by atoms with E-state index >= 15 is 0 Å². The van der Waals surface area contributed by atoms with Gasteiger partial charge in [-0.15, -0.1) is 0 Å². The van der Waals surface area contributed by atoms with Crippen LogP contribution in [0, 0.1) is 5.92 Å². The molecule has 0 aliphatic carbocycles. The van der Waals surface area contributed by atoms with Crippen LogP contribution >= 0.6 is 0 Å². The van der Waals surface area contributed by atoms with E-state index in [1.165, 1.54) is 4.31 Å². The predicted molar refractivity (Wildman–Crippen MR) is 77.0 cm³/mol. The molecule has 7 heteroatoms. The molecule has 0 amide bonds. The lowest BCUT2D eigenvalue weighted by atomic mass is 10.1. The highest BCUT2D eigenvalue weighted by Gasteiger charge is 2.33. The summed E-state index contributed by atoms with van der Waals surface area (Å²) in [4.78, 5) is 4.34. The first-order chi connectivity index (χ1) is 9.59. The Labute approximate surface area is 119 Å². The zero-order chi connectivity index (χ0) is 14.6. The van der Waals surface area contributed by atoms with E-state index in [9.17, 15) is 8.42 Å². The summed E-state index contributed by atoms with van der Waals surface area (Å²) in [5.74, 6) is 0.440. The molecule has 1 saturated heterocycles. The van der Waals surface area contributed by atoms with E-state index < -0.39 is 10.0 Å². The maximum atomic E-state index is 12.6. The van der Waals surface area contributed by atoms with E-state index in [4.69, 9.17) is 5.11 Å². The van der Waals surface area contributed by atoms with E-state index in [-0.39, 0.29) is 17.4 Å². The molecule has 0 spiro atoms. The molecule has 0 aromatic carbocycles. The molecule has 2 rings (SSSR count). The molecule has 1 aliphatic rings. The quantitative estimate of drug-likeness (QED) is 0.816. The fourth-order valence-corrected chi connectivity index (χ4v) is 3.93. The average Bonchev–Trinajstić information content (AvgIpc) is 2.95. The number of aliphatic hydroxyl groups is 1. The van der Waals surface area contributed by atoms with Crippen molar-refractivity contribution in [3.8, 4) is 0 Å². The smallest absolute Gasteiger partial charge is 0.246 e. The van der Waals surface area contributed by atoms with Crippen molar-refractivity contribution in [2.75, 3.05) is 31.6 Å². The normalized spacial score (nSPS) is 20.2. The van der Waals surface area contributed by atoms with Crippen LogP contribution < -0.4 is 5.32 Å². The van der Waals surface area contributed by atoms with Gasteiger partial charge in [0.1, 0.15) is 10.7 Å². The zero-order valence-electron chi connectivity index (χ0n) is 11.6. The topological polar surface area (TPSA) is 82.5 Å². The van der Waals surface area contributed by atoms with Crippen LogP contribution in [0.5, 0.6) is 0 Å². The number of nitrogens with one attached hydrogen (secondary N) is 1. The van der Waals surface area contributed by atoms with Gasteiger partial charge in [-0.1, -0.05) is 6.92 Å². The highest BCUT2D eigenvalue weighted by Crippen LogP contribution is 2.27. The van der Waals surface area contributed by atoms with Gasteiger partial charge in [0.05, 0.1) is 0 Å². The minimum atomic E-state index is -3.55. The number of hydrogen-bond acceptors (Lipinski definition) is 5. The second-order valence-electron chi connectivity index (χ2n) is 4.98. The van der Waals surface area contributed by atoms with Crippen LogP contribution in [-0.2, 0) is 10.0 Å². The van der Waals surface area contributed by atoms with Crippen molar-refractivity contribution in [3.63, 3.8) is 0 Å². The second kappa shape index (κ2) is 6.51. The van der Waals surface area contributed by atoms with Gasteiger partial charge in [0.15, 0.2) is 0 Å². The minimum absolute atomic E-state index is 0.0278. The first-order valence-corrected chi connectivity index (χ1v) is 8.33. The molecule has 0 radical (unpaired) electrons. The Bertz CT molecular complexity index is 548. The fourth-order valence-electron chi connectivity index (χ4n) is 2.28. The Morgan fingerprint density at radius 3 is 3.00 bits per heavy atom. The Hall–Kier alpha value is -1.18. The first kappa shape index (κ1) is 15.2. The Morgan fingerprint density at radius 2 is 2.35 bits per heavy atom. The fraction of sp³-hybridized carbons (Fsp3) is 0.615. The third-order valence-electron chi connectivity index (χ3n) is 3.44. The summed E-state index contributed by atoms with van der Waals surface area (Å²) in [7, 11) is -3.55. The lowest BCUT2D eigenvalue weighted by Gasteiger charge is -2.18. The number of nitrogens with zero attached hydrogens (tertiary/aromatic N) is 2. The SMILES string of the molecule is CCCNc1ncccc1S(=O)(=O)N1CCC(CO)C1. The van der Waals surface area contributed by atoms with Crippen LogP contribution in [-0.4, -0.2) is 49.1 Å². The highest BCUT2D eigenvalue weighted by atomic mass is 32.2. The van der Waals surface area contributed by atoms with Gasteiger partial charge in [-0.25, -0.2) is 13.4 Å². The van der Waals surface area contributed by atoms with Crippen LogP contribution in [0.3, 0.4) is 0 Å². The Morgan fingerprint density at radius 1 is 1.55 bits per heavy atom. The molecule has 112 valence electrons. The van der Waals surface area contributed by atoms with Gasteiger partial charge >= 0.3 is 0 Å². The molecule has 2 N–H and O–H groups in total. The number of aromatic nitrogens is 1. The Kier molecular flexibility index (Phi) is 4.95. The van der Waals surface area contributed by atoms with E-state index in [0.29, 0.717) is 31.9 Å². The van der Waals surface area contributed by atoms with Crippen LogP contribution in [0.25, 0.3) is 0 Å². The number of rotatable bonds is 6. The summed E-state index contributed by atoms with van der Waals surface area (Å²) in [5.41, 5.74) is 0. The maximum absolute atomic E-state index is 12.6. The number of aliphatic hydroxyl groups excluding tert-OH is 1. The molecule has 1 aromatic heterocycles. The van der Waals surface area contributed by atoms with Crippen molar-refractivity contribution in [1.82, 2.24) is 9.29 Å². The standard InChI is InChI=1S/C13H21N3O3S/c1-2-6-14-13-12(4-3-7-15-13)20(18,19)16-8-5-11(9-16)10-17/h3-4,7,11,17H,2,5-6,8-10H2,1H3,(H,14,15). The molecule has 1 unspecified atom stereocenters. The van der Waals surface area contributed by atoms with Crippen LogP contribution in [0.4, 0.5) is 5.82 Å². The van der Waals surface area contributed by atoms with Crippen molar-refractivity contribution in [2.24, 2.45) is 5.92 Å². The summed E-state index contributed by atoms with van der Waals surface area (Å²) in [5, 5.41) is 12.2. The molecule has 1 fully saturated rings. The van der Waals surface area contributed by atoms with Gasteiger partial charge < -0.3 is 10.4 Å². The van der Waals surface area contributed by atoms with Gasteiger partial charge in [-0.2, -0.15) is 4.31 Å². The average molecular weight is 299 g/mol. The third-order valence-corrected chi connectivity index (χ3v) is 5.33. The number of anilines is 1. The van der Waals surface area contributed by atoms with Gasteiger partial charge in [0.25, 0.3) is 0 Å². The summed E-state index contributed by atoms with van der Waals surface area (Å²) in [6.07, 6.45) is 3.18. The summed E-state index contributed by atoms with van der Waals surface area (Å²) < 4.78 is 26.7. The van der Waals surface area contributed by atoms with Crippen molar-refractivity contribution < 1.29 is 13.5 Å². The molecule has 0 saturated carbocycles. The third kappa shape index (κ3) is 3.11. The zero-order valence-corrected chi connectivity index (χ0v) is 12.4. The summed E-state index contributed by atoms with van der Waals surface area (Å²) in [6, 6.07) is 3.20. The monoisotopic (exact) mass is 299 g/mol. The van der Waals surface area contributed by atoms with Crippen LogP contribution in [0.2, 0.25) is 0 Å². The van der Waals surface area contributed by atoms with Crippen molar-refractivity contribution >= 4 is 15.8 Å². The number of sulfonamides is 1. The molecule has 20 heavy (non-hydrogen) atoms. The van der Waals surface area contributed by atoms with E-state index in [0.717, 1.165) is 6.42 Å². The molecular formula is C13H21N3O3S. The summed E-state index contributed by atoms with van der Waals surface area (Å²) >= 11 is 0. The van der Waals surface area contributed by atoms with Gasteiger partial charge in [0.2, 0.25) is 10.0 Å². The second-order valence-corrected chi connectivity index (χ2v) is 6.88. The molecule has 1 aromatic rings. The summed E-state index contributed by atoms with van der Waals surface area (Å²) in [6.45, 7) is 3.55. The van der Waals surface area contributed by atoms with Gasteiger partial charge in [-0.05, 0) is 30.9 Å². The molecule has 6 nitrogen and oxygen atoms in total. The van der Waals surface area contributed by atoms with Crippen molar-refractivity contribution in [3.05, 3.63) is 18.3 Å². The first-order valence-electron chi connectivity index (χ1n) is 6.89. The lowest BCUT2D eigenvalue weighted by Crippen LogP contribution is -2.30. The molecule has 0 bridgehead atoms. The van der Waals surface area contributed by atoms with E-state index in [2.05, 4.69) is 10.3 Å². The Balaban J connectivity index is 2.25. The molecule has 2 heterocycles. The van der Waals surface area contributed by atoms with Crippen molar-refractivity contribution in [2.45, 2.75) is 24.7 Å². The van der Waals surface area contributed by atoms with Crippen molar-refractivity contribution in [1.29, 1.82) is 0 Å². The molecule has 1 atom stereocenters. The highest BCUT2D eigenvalue weighted by molar-refractivity contribution is 7.89. The molecule has 1 aliphatic heterocycles. The van der Waals surface area contributed by atoms with Gasteiger partial charge in [-0.3, -0.25) is 0 Å². The van der Waals surface area contributed by atoms with Gasteiger partial charge in [0, 0.05) is 32.4 Å². The molecular weight excluding hydrogens is 278 g/mol. The predicted octanol–water partition coefficient (Wildman–Crippen LogP) is 0.906. The maximum Gasteiger partial charge on any atom is 0.246 e. The largest absolute Gasteiger partial charge is 0.396 e. The van der Waals surface area contributed by atoms with Crippen LogP contribution in [0.15, 0.2) is 23.2 Å². The minimum Gasteiger partial charge on any atom is -0.396 e. The van der Waals surface area contributed by atoms with Crippen LogP contribution in [0.1, 0.15) is 19.8 Å². The number of pyridine rings is 1. The number of hydrogen-bond donors (Lipinski definition) is 2. The lowest BCUT2D eigenvalue weighted by molar-refractivity contribution is 0.233. The van der Waals surface area contributed by atoms with E-state index in [1.54, 1.807) is 18.3 Å². The van der Waals surface area contributed by atoms with E-state index in [1.807, 2.05) is 6.92 Å².